The van der Waals surface area contributed by atoms with Gasteiger partial charge in [-0.05, 0) is 12.8 Å². The smallest absolute Gasteiger partial charge is 0.0984 e. The van der Waals surface area contributed by atoms with Gasteiger partial charge in [0.1, 0.15) is 0 Å². The standard InChI is InChI=1S/C11H19NS/c1-7(2)9-8(3)12-10(13-9)11(4,5)6/h7H,1-6H3. The van der Waals surface area contributed by atoms with Gasteiger partial charge < -0.3 is 0 Å². The van der Waals surface area contributed by atoms with Crippen molar-refractivity contribution in [3.05, 3.63) is 15.6 Å². The molecule has 0 unspecified atom stereocenters. The number of aromatic nitrogens is 1. The summed E-state index contributed by atoms with van der Waals surface area (Å²) < 4.78 is 0. The second-order valence-electron chi connectivity index (χ2n) is 4.87. The molecule has 1 aromatic heterocycles. The van der Waals surface area contributed by atoms with Crippen molar-refractivity contribution in [2.24, 2.45) is 0 Å². The van der Waals surface area contributed by atoms with Crippen LogP contribution in [0.15, 0.2) is 0 Å². The first-order chi connectivity index (χ1) is 5.82. The molecule has 74 valence electrons. The monoisotopic (exact) mass is 197 g/mol. The molecule has 0 aliphatic heterocycles. The van der Waals surface area contributed by atoms with Crippen LogP contribution in [0.5, 0.6) is 0 Å². The van der Waals surface area contributed by atoms with Gasteiger partial charge in [0.25, 0.3) is 0 Å². The fourth-order valence-electron chi connectivity index (χ4n) is 1.26. The first kappa shape index (κ1) is 10.7. The van der Waals surface area contributed by atoms with Gasteiger partial charge in [0.2, 0.25) is 0 Å². The lowest BCUT2D eigenvalue weighted by atomic mass is 9.98. The van der Waals surface area contributed by atoms with Crippen LogP contribution in [-0.4, -0.2) is 4.98 Å². The van der Waals surface area contributed by atoms with E-state index in [1.807, 2.05) is 11.3 Å². The average molecular weight is 197 g/mol. The molecule has 1 nitrogen and oxygen atoms in total. The van der Waals surface area contributed by atoms with Gasteiger partial charge in [-0.3, -0.25) is 0 Å². The van der Waals surface area contributed by atoms with E-state index < -0.39 is 0 Å². The first-order valence-electron chi connectivity index (χ1n) is 4.80. The van der Waals surface area contributed by atoms with Crippen molar-refractivity contribution in [1.29, 1.82) is 0 Å². The Labute approximate surface area is 85.2 Å². The van der Waals surface area contributed by atoms with Crippen LogP contribution >= 0.6 is 11.3 Å². The molecule has 0 fully saturated rings. The van der Waals surface area contributed by atoms with Crippen molar-refractivity contribution >= 4 is 11.3 Å². The Morgan fingerprint density at radius 2 is 1.77 bits per heavy atom. The van der Waals surface area contributed by atoms with E-state index in [0.29, 0.717) is 5.92 Å². The van der Waals surface area contributed by atoms with E-state index in [0.717, 1.165) is 0 Å². The average Bonchev–Trinajstić information content (AvgIpc) is 2.29. The Kier molecular flexibility index (Phi) is 2.81. The fourth-order valence-corrected chi connectivity index (χ4v) is 2.39. The molecule has 0 N–H and O–H groups in total. The Bertz CT molecular complexity index is 292. The van der Waals surface area contributed by atoms with Crippen molar-refractivity contribution in [3.63, 3.8) is 0 Å². The molecule has 2 heteroatoms. The van der Waals surface area contributed by atoms with E-state index in [-0.39, 0.29) is 5.41 Å². The summed E-state index contributed by atoms with van der Waals surface area (Å²) >= 11 is 1.86. The van der Waals surface area contributed by atoms with Crippen molar-refractivity contribution in [2.75, 3.05) is 0 Å². The van der Waals surface area contributed by atoms with E-state index in [2.05, 4.69) is 46.5 Å². The maximum Gasteiger partial charge on any atom is 0.0984 e. The third-order valence-electron chi connectivity index (χ3n) is 2.00. The van der Waals surface area contributed by atoms with Gasteiger partial charge in [-0.15, -0.1) is 11.3 Å². The molecular weight excluding hydrogens is 178 g/mol. The fraction of sp³-hybridized carbons (Fsp3) is 0.727. The van der Waals surface area contributed by atoms with Crippen molar-refractivity contribution in [3.8, 4) is 0 Å². The zero-order chi connectivity index (χ0) is 10.2. The molecule has 0 atom stereocenters. The van der Waals surface area contributed by atoms with Crippen molar-refractivity contribution in [1.82, 2.24) is 4.98 Å². The summed E-state index contributed by atoms with van der Waals surface area (Å²) in [5.74, 6) is 0.605. The molecule has 0 aliphatic rings. The second kappa shape index (κ2) is 3.41. The van der Waals surface area contributed by atoms with Crippen LogP contribution in [0.25, 0.3) is 0 Å². The molecule has 1 heterocycles. The van der Waals surface area contributed by atoms with E-state index in [4.69, 9.17) is 0 Å². The topological polar surface area (TPSA) is 12.9 Å². The Balaban J connectivity index is 3.10. The Hall–Kier alpha value is -0.370. The van der Waals surface area contributed by atoms with Crippen LogP contribution in [0.1, 0.15) is 56.1 Å². The highest BCUT2D eigenvalue weighted by molar-refractivity contribution is 7.12. The molecule has 0 saturated heterocycles. The lowest BCUT2D eigenvalue weighted by Gasteiger charge is -2.13. The minimum atomic E-state index is 0.197. The maximum absolute atomic E-state index is 4.62. The summed E-state index contributed by atoms with van der Waals surface area (Å²) in [5, 5.41) is 1.26. The van der Waals surface area contributed by atoms with Gasteiger partial charge in [-0.2, -0.15) is 0 Å². The van der Waals surface area contributed by atoms with E-state index >= 15 is 0 Å². The molecule has 0 spiro atoms. The highest BCUT2D eigenvalue weighted by Crippen LogP contribution is 2.32. The van der Waals surface area contributed by atoms with Gasteiger partial charge >= 0.3 is 0 Å². The minimum Gasteiger partial charge on any atom is -0.246 e. The number of hydrogen-bond donors (Lipinski definition) is 0. The molecule has 0 amide bonds. The molecule has 1 rings (SSSR count). The number of nitrogens with zero attached hydrogens (tertiary/aromatic N) is 1. The molecular formula is C11H19NS. The number of thiazole rings is 1. The van der Waals surface area contributed by atoms with E-state index in [9.17, 15) is 0 Å². The van der Waals surface area contributed by atoms with Crippen LogP contribution in [0.2, 0.25) is 0 Å². The van der Waals surface area contributed by atoms with Crippen LogP contribution in [0, 0.1) is 6.92 Å². The van der Waals surface area contributed by atoms with Gasteiger partial charge in [0, 0.05) is 10.3 Å². The lowest BCUT2D eigenvalue weighted by molar-refractivity contribution is 0.584. The molecule has 0 bridgehead atoms. The predicted molar refractivity (Wildman–Crippen MR) is 59.6 cm³/mol. The summed E-state index contributed by atoms with van der Waals surface area (Å²) in [6.07, 6.45) is 0. The lowest BCUT2D eigenvalue weighted by Crippen LogP contribution is -2.10. The quantitative estimate of drug-likeness (QED) is 0.666. The Morgan fingerprint density at radius 3 is 2.00 bits per heavy atom. The van der Waals surface area contributed by atoms with Crippen molar-refractivity contribution < 1.29 is 0 Å². The highest BCUT2D eigenvalue weighted by Gasteiger charge is 2.20. The SMILES string of the molecule is Cc1nc(C(C)(C)C)sc1C(C)C. The minimum absolute atomic E-state index is 0.197. The number of aryl methyl sites for hydroxylation is 1. The van der Waals surface area contributed by atoms with Gasteiger partial charge in [0.15, 0.2) is 0 Å². The molecule has 0 radical (unpaired) electrons. The summed E-state index contributed by atoms with van der Waals surface area (Å²) in [6, 6.07) is 0. The second-order valence-corrected chi connectivity index (χ2v) is 5.90. The molecule has 1 aromatic rings. The van der Waals surface area contributed by atoms with Gasteiger partial charge in [-0.1, -0.05) is 34.6 Å². The van der Waals surface area contributed by atoms with E-state index in [1.165, 1.54) is 15.6 Å². The molecule has 0 aliphatic carbocycles. The van der Waals surface area contributed by atoms with Crippen molar-refractivity contribution in [2.45, 2.75) is 52.9 Å². The summed E-state index contributed by atoms with van der Waals surface area (Å²) in [6.45, 7) is 13.2. The normalized spacial score (nSPS) is 12.5. The number of rotatable bonds is 1. The van der Waals surface area contributed by atoms with Gasteiger partial charge in [0.05, 0.1) is 10.7 Å². The third-order valence-corrected chi connectivity index (χ3v) is 3.88. The Morgan fingerprint density at radius 1 is 1.23 bits per heavy atom. The zero-order valence-electron chi connectivity index (χ0n) is 9.43. The predicted octanol–water partition coefficient (Wildman–Crippen LogP) is 3.87. The maximum atomic E-state index is 4.62. The first-order valence-corrected chi connectivity index (χ1v) is 5.62. The summed E-state index contributed by atoms with van der Waals surface area (Å²) in [4.78, 5) is 6.06. The summed E-state index contributed by atoms with van der Waals surface area (Å²) in [7, 11) is 0. The van der Waals surface area contributed by atoms with Gasteiger partial charge in [-0.25, -0.2) is 4.98 Å². The summed E-state index contributed by atoms with van der Waals surface area (Å²) in [5.41, 5.74) is 1.41. The largest absolute Gasteiger partial charge is 0.246 e. The van der Waals surface area contributed by atoms with Crippen LogP contribution < -0.4 is 0 Å². The van der Waals surface area contributed by atoms with Crippen LogP contribution in [0.3, 0.4) is 0 Å². The number of hydrogen-bond acceptors (Lipinski definition) is 2. The molecule has 13 heavy (non-hydrogen) atoms. The molecule has 0 saturated carbocycles. The molecule has 0 aromatic carbocycles. The third kappa shape index (κ3) is 2.31. The van der Waals surface area contributed by atoms with Crippen LogP contribution in [0.4, 0.5) is 0 Å². The van der Waals surface area contributed by atoms with Crippen LogP contribution in [-0.2, 0) is 5.41 Å². The van der Waals surface area contributed by atoms with E-state index in [1.54, 1.807) is 0 Å². The highest BCUT2D eigenvalue weighted by atomic mass is 32.1. The zero-order valence-corrected chi connectivity index (χ0v) is 10.2.